The molecule has 0 saturated heterocycles. The van der Waals surface area contributed by atoms with Crippen molar-refractivity contribution in [2.24, 2.45) is 0 Å². The number of hydrogen-bond donors (Lipinski definition) is 2. The Morgan fingerprint density at radius 3 is 2.26 bits per heavy atom. The molecular weight excluding hydrogens is 236 g/mol. The third-order valence-corrected chi connectivity index (χ3v) is 3.74. The molecule has 0 amide bonds. The van der Waals surface area contributed by atoms with E-state index in [9.17, 15) is 5.11 Å². The largest absolute Gasteiger partial charge is 0.390 e. The molecule has 106 valence electrons. The number of nitrogens with zero attached hydrogens (tertiary/aromatic N) is 1. The minimum atomic E-state index is -0.274. The average Bonchev–Trinajstić information content (AvgIpc) is 2.59. The highest BCUT2D eigenvalue weighted by molar-refractivity contribution is 5.28. The number of benzene rings is 1. The fraction of sp³-hybridized carbons (Fsp3) is 0.625. The zero-order valence-corrected chi connectivity index (χ0v) is 12.1. The maximum atomic E-state index is 10.1. The normalized spacial score (nSPS) is 18.1. The topological polar surface area (TPSA) is 35.5 Å². The van der Waals surface area contributed by atoms with Crippen LogP contribution in [-0.4, -0.2) is 48.3 Å². The van der Waals surface area contributed by atoms with Crippen LogP contribution in [0.1, 0.15) is 25.0 Å². The van der Waals surface area contributed by atoms with Gasteiger partial charge in [0.15, 0.2) is 0 Å². The van der Waals surface area contributed by atoms with Gasteiger partial charge in [0.2, 0.25) is 0 Å². The molecule has 0 fully saturated rings. The van der Waals surface area contributed by atoms with Crippen LogP contribution in [0.25, 0.3) is 0 Å². The van der Waals surface area contributed by atoms with Gasteiger partial charge in [0.1, 0.15) is 0 Å². The summed E-state index contributed by atoms with van der Waals surface area (Å²) >= 11 is 0. The maximum Gasteiger partial charge on any atom is 0.0791 e. The molecule has 0 aliphatic carbocycles. The number of aliphatic hydroxyl groups excluding tert-OH is 1. The van der Waals surface area contributed by atoms with Gasteiger partial charge in [0.05, 0.1) is 6.10 Å². The number of aliphatic hydroxyl groups is 1. The van der Waals surface area contributed by atoms with E-state index in [1.807, 2.05) is 0 Å². The first kappa shape index (κ1) is 14.5. The van der Waals surface area contributed by atoms with Gasteiger partial charge in [-0.15, -0.1) is 0 Å². The SMILES string of the molecule is CC(C)NCC(O)CN1CCc2ccccc2CC1. The molecule has 1 aliphatic heterocycles. The van der Waals surface area contributed by atoms with E-state index in [1.54, 1.807) is 0 Å². The zero-order chi connectivity index (χ0) is 13.7. The van der Waals surface area contributed by atoms with Gasteiger partial charge in [0, 0.05) is 32.2 Å². The summed E-state index contributed by atoms with van der Waals surface area (Å²) in [7, 11) is 0. The van der Waals surface area contributed by atoms with Crippen molar-refractivity contribution < 1.29 is 5.11 Å². The highest BCUT2D eigenvalue weighted by atomic mass is 16.3. The van der Waals surface area contributed by atoms with Crippen molar-refractivity contribution in [2.75, 3.05) is 26.2 Å². The molecule has 3 heteroatoms. The fourth-order valence-electron chi connectivity index (χ4n) is 2.63. The van der Waals surface area contributed by atoms with E-state index in [0.29, 0.717) is 12.6 Å². The summed E-state index contributed by atoms with van der Waals surface area (Å²) in [6, 6.07) is 9.14. The number of rotatable bonds is 5. The second-order valence-corrected chi connectivity index (χ2v) is 5.79. The first-order valence-corrected chi connectivity index (χ1v) is 7.35. The molecule has 19 heavy (non-hydrogen) atoms. The molecular formula is C16H26N2O. The first-order chi connectivity index (χ1) is 9.15. The van der Waals surface area contributed by atoms with E-state index in [4.69, 9.17) is 0 Å². The molecule has 3 nitrogen and oxygen atoms in total. The summed E-state index contributed by atoms with van der Waals surface area (Å²) in [5, 5.41) is 13.3. The summed E-state index contributed by atoms with van der Waals surface area (Å²) in [5.74, 6) is 0. The van der Waals surface area contributed by atoms with Crippen LogP contribution in [0.5, 0.6) is 0 Å². The fourth-order valence-corrected chi connectivity index (χ4v) is 2.63. The molecule has 1 atom stereocenters. The Labute approximate surface area is 116 Å². The van der Waals surface area contributed by atoms with Crippen molar-refractivity contribution in [1.29, 1.82) is 0 Å². The quantitative estimate of drug-likeness (QED) is 0.843. The van der Waals surface area contributed by atoms with E-state index >= 15 is 0 Å². The molecule has 0 radical (unpaired) electrons. The molecule has 1 aromatic rings. The molecule has 2 N–H and O–H groups in total. The van der Waals surface area contributed by atoms with Crippen LogP contribution in [0, 0.1) is 0 Å². The maximum absolute atomic E-state index is 10.1. The minimum absolute atomic E-state index is 0.274. The Morgan fingerprint density at radius 2 is 1.74 bits per heavy atom. The highest BCUT2D eigenvalue weighted by Crippen LogP contribution is 2.15. The average molecular weight is 262 g/mol. The van der Waals surface area contributed by atoms with Gasteiger partial charge in [-0.1, -0.05) is 38.1 Å². The van der Waals surface area contributed by atoms with Gasteiger partial charge in [-0.05, 0) is 24.0 Å². The third kappa shape index (κ3) is 4.60. The van der Waals surface area contributed by atoms with Crippen molar-refractivity contribution in [3.63, 3.8) is 0 Å². The molecule has 0 aromatic heterocycles. The summed E-state index contributed by atoms with van der Waals surface area (Å²) in [6.07, 6.45) is 1.92. The van der Waals surface area contributed by atoms with Crippen LogP contribution < -0.4 is 5.32 Å². The highest BCUT2D eigenvalue weighted by Gasteiger charge is 2.16. The lowest BCUT2D eigenvalue weighted by molar-refractivity contribution is 0.112. The van der Waals surface area contributed by atoms with Crippen molar-refractivity contribution in [1.82, 2.24) is 10.2 Å². The lowest BCUT2D eigenvalue weighted by Crippen LogP contribution is -2.41. The molecule has 2 rings (SSSR count). The van der Waals surface area contributed by atoms with Crippen LogP contribution in [0.15, 0.2) is 24.3 Å². The van der Waals surface area contributed by atoms with Gasteiger partial charge in [-0.2, -0.15) is 0 Å². The van der Waals surface area contributed by atoms with E-state index in [-0.39, 0.29) is 6.10 Å². The van der Waals surface area contributed by atoms with Crippen molar-refractivity contribution in [3.8, 4) is 0 Å². The number of nitrogens with one attached hydrogen (secondary N) is 1. The minimum Gasteiger partial charge on any atom is -0.390 e. The standard InChI is InChI=1S/C16H26N2O/c1-13(2)17-11-16(19)12-18-9-7-14-5-3-4-6-15(14)8-10-18/h3-6,13,16-17,19H,7-12H2,1-2H3. The Bertz CT molecular complexity index is 365. The Morgan fingerprint density at radius 1 is 1.16 bits per heavy atom. The number of hydrogen-bond acceptors (Lipinski definition) is 3. The summed E-state index contributed by atoms with van der Waals surface area (Å²) in [5.41, 5.74) is 2.94. The first-order valence-electron chi connectivity index (χ1n) is 7.35. The van der Waals surface area contributed by atoms with Gasteiger partial charge < -0.3 is 15.3 Å². The Kier molecular flexibility index (Phi) is 5.37. The van der Waals surface area contributed by atoms with Crippen LogP contribution in [0.3, 0.4) is 0 Å². The van der Waals surface area contributed by atoms with Crippen molar-refractivity contribution in [2.45, 2.75) is 38.8 Å². The molecule has 1 aliphatic rings. The smallest absolute Gasteiger partial charge is 0.0791 e. The van der Waals surface area contributed by atoms with Crippen molar-refractivity contribution >= 4 is 0 Å². The molecule has 0 bridgehead atoms. The lowest BCUT2D eigenvalue weighted by Gasteiger charge is -2.24. The second kappa shape index (κ2) is 7.04. The zero-order valence-electron chi connectivity index (χ0n) is 12.1. The summed E-state index contributed by atoms with van der Waals surface area (Å²) in [4.78, 5) is 2.38. The van der Waals surface area contributed by atoms with E-state index in [2.05, 4.69) is 48.3 Å². The second-order valence-electron chi connectivity index (χ2n) is 5.79. The van der Waals surface area contributed by atoms with E-state index in [0.717, 1.165) is 32.5 Å². The van der Waals surface area contributed by atoms with Gasteiger partial charge in [-0.25, -0.2) is 0 Å². The predicted molar refractivity (Wildman–Crippen MR) is 79.4 cm³/mol. The van der Waals surface area contributed by atoms with E-state index in [1.165, 1.54) is 11.1 Å². The number of β-amino-alcohol motifs (C(OH)–C–C–N with tert-alkyl or cyclic N) is 1. The van der Waals surface area contributed by atoms with Gasteiger partial charge >= 0.3 is 0 Å². The molecule has 1 heterocycles. The Hall–Kier alpha value is -0.900. The van der Waals surface area contributed by atoms with Crippen LogP contribution >= 0.6 is 0 Å². The molecule has 1 unspecified atom stereocenters. The number of fused-ring (bicyclic) bond motifs is 1. The summed E-state index contributed by atoms with van der Waals surface area (Å²) < 4.78 is 0. The van der Waals surface area contributed by atoms with Crippen LogP contribution in [0.2, 0.25) is 0 Å². The van der Waals surface area contributed by atoms with E-state index < -0.39 is 0 Å². The monoisotopic (exact) mass is 262 g/mol. The summed E-state index contributed by atoms with van der Waals surface area (Å²) in [6.45, 7) is 7.77. The Balaban J connectivity index is 1.81. The van der Waals surface area contributed by atoms with Crippen molar-refractivity contribution in [3.05, 3.63) is 35.4 Å². The molecule has 0 saturated carbocycles. The van der Waals surface area contributed by atoms with Gasteiger partial charge in [-0.3, -0.25) is 0 Å². The van der Waals surface area contributed by atoms with Gasteiger partial charge in [0.25, 0.3) is 0 Å². The van der Waals surface area contributed by atoms with Crippen LogP contribution in [0.4, 0.5) is 0 Å². The molecule has 0 spiro atoms. The lowest BCUT2D eigenvalue weighted by atomic mass is 10.0. The van der Waals surface area contributed by atoms with Crippen LogP contribution in [-0.2, 0) is 12.8 Å². The predicted octanol–water partition coefficient (Wildman–Crippen LogP) is 1.45. The molecule has 1 aromatic carbocycles. The third-order valence-electron chi connectivity index (χ3n) is 3.74.